The van der Waals surface area contributed by atoms with Crippen LogP contribution in [0.1, 0.15) is 25.5 Å². The van der Waals surface area contributed by atoms with E-state index in [0.29, 0.717) is 0 Å². The van der Waals surface area contributed by atoms with E-state index in [2.05, 4.69) is 69.9 Å². The van der Waals surface area contributed by atoms with Crippen molar-refractivity contribution in [2.24, 2.45) is 0 Å². The molecule has 4 heterocycles. The summed E-state index contributed by atoms with van der Waals surface area (Å²) in [6.07, 6.45) is 2.34. The van der Waals surface area contributed by atoms with Crippen molar-refractivity contribution in [2.75, 3.05) is 62.9 Å². The van der Waals surface area contributed by atoms with Crippen molar-refractivity contribution in [3.05, 3.63) is 65.5 Å². The molecule has 1 atom stereocenters. The molecule has 4 aliphatic heterocycles. The number of halogens is 1. The predicted molar refractivity (Wildman–Crippen MR) is 129 cm³/mol. The molecule has 33 heavy (non-hydrogen) atoms. The van der Waals surface area contributed by atoms with Gasteiger partial charge in [-0.15, -0.1) is 0 Å². The molecule has 0 saturated carbocycles. The highest BCUT2D eigenvalue weighted by Gasteiger charge is 2.47. The van der Waals surface area contributed by atoms with Crippen LogP contribution in [0.15, 0.2) is 54.1 Å². The van der Waals surface area contributed by atoms with Crippen LogP contribution in [0.2, 0.25) is 0 Å². The number of hydrogen-bond donors (Lipinski definition) is 0. The second-order valence-corrected chi connectivity index (χ2v) is 10.1. The number of ether oxygens (including phenoxy) is 1. The third-order valence-electron chi connectivity index (χ3n) is 7.54. The molecular weight excluding hydrogens is 417 g/mol. The standard InChI is InChI=1S/C26H32FN5O/c1-26(2)23-10-11-31-17-30(20-6-4-19(27)5-7-20)18-32(31)25(23)22-9-8-21(16-24(22)33-26)29-14-12-28(3)13-15-29/h4-10,16,25H,11-15,17-18H2,1-3H3. The number of anilines is 2. The third-order valence-corrected chi connectivity index (χ3v) is 7.54. The first-order valence-corrected chi connectivity index (χ1v) is 11.9. The summed E-state index contributed by atoms with van der Waals surface area (Å²) in [7, 11) is 2.18. The van der Waals surface area contributed by atoms with E-state index in [0.717, 1.165) is 57.5 Å². The summed E-state index contributed by atoms with van der Waals surface area (Å²) in [5.41, 5.74) is 4.47. The zero-order valence-corrected chi connectivity index (χ0v) is 19.7. The summed E-state index contributed by atoms with van der Waals surface area (Å²) in [6.45, 7) is 11.0. The summed E-state index contributed by atoms with van der Waals surface area (Å²) < 4.78 is 20.1. The number of likely N-dealkylation sites (N-methyl/N-ethyl adjacent to an activating group) is 1. The number of piperazine rings is 1. The highest BCUT2D eigenvalue weighted by molar-refractivity contribution is 5.59. The van der Waals surface area contributed by atoms with Gasteiger partial charge in [-0.25, -0.2) is 14.4 Å². The fourth-order valence-corrected chi connectivity index (χ4v) is 5.62. The summed E-state index contributed by atoms with van der Waals surface area (Å²) in [4.78, 5) is 7.14. The van der Waals surface area contributed by atoms with Gasteiger partial charge in [0, 0.05) is 55.7 Å². The maximum absolute atomic E-state index is 13.5. The van der Waals surface area contributed by atoms with E-state index in [-0.39, 0.29) is 17.5 Å². The first-order chi connectivity index (χ1) is 15.9. The Morgan fingerprint density at radius 3 is 2.39 bits per heavy atom. The Kier molecular flexibility index (Phi) is 4.90. The number of hydrazine groups is 1. The lowest BCUT2D eigenvalue weighted by atomic mass is 9.82. The van der Waals surface area contributed by atoms with Crippen LogP contribution in [-0.2, 0) is 0 Å². The molecule has 2 saturated heterocycles. The average Bonchev–Trinajstić information content (AvgIpc) is 3.24. The van der Waals surface area contributed by atoms with Crippen LogP contribution in [0.4, 0.5) is 15.8 Å². The summed E-state index contributed by atoms with van der Waals surface area (Å²) in [5.74, 6) is 0.789. The molecule has 0 amide bonds. The number of hydrogen-bond acceptors (Lipinski definition) is 6. The quantitative estimate of drug-likeness (QED) is 0.649. The molecule has 6 nitrogen and oxygen atoms in total. The van der Waals surface area contributed by atoms with Crippen molar-refractivity contribution in [1.82, 2.24) is 14.9 Å². The molecule has 0 bridgehead atoms. The van der Waals surface area contributed by atoms with Crippen molar-refractivity contribution >= 4 is 11.4 Å². The first-order valence-electron chi connectivity index (χ1n) is 11.9. The lowest BCUT2D eigenvalue weighted by molar-refractivity contribution is -0.0296. The van der Waals surface area contributed by atoms with Gasteiger partial charge in [-0.1, -0.05) is 12.1 Å². The molecule has 1 unspecified atom stereocenters. The first kappa shape index (κ1) is 21.0. The molecule has 7 heteroatoms. The van der Waals surface area contributed by atoms with Gasteiger partial charge in [-0.2, -0.15) is 0 Å². The Morgan fingerprint density at radius 1 is 0.909 bits per heavy atom. The lowest BCUT2D eigenvalue weighted by Crippen LogP contribution is -2.51. The molecule has 6 rings (SSSR count). The van der Waals surface area contributed by atoms with E-state index in [1.54, 1.807) is 12.1 Å². The van der Waals surface area contributed by atoms with Crippen molar-refractivity contribution in [3.63, 3.8) is 0 Å². The molecule has 2 aromatic carbocycles. The van der Waals surface area contributed by atoms with Gasteiger partial charge in [-0.05, 0) is 56.8 Å². The minimum atomic E-state index is -0.367. The topological polar surface area (TPSA) is 25.4 Å². The molecular formula is C26H32FN5O. The van der Waals surface area contributed by atoms with Gasteiger partial charge in [0.05, 0.1) is 19.4 Å². The minimum absolute atomic E-state index is 0.143. The molecule has 174 valence electrons. The molecule has 0 aliphatic carbocycles. The fourth-order valence-electron chi connectivity index (χ4n) is 5.62. The molecule has 2 aromatic rings. The van der Waals surface area contributed by atoms with Gasteiger partial charge >= 0.3 is 0 Å². The van der Waals surface area contributed by atoms with E-state index >= 15 is 0 Å². The Hall–Kier alpha value is -2.61. The van der Waals surface area contributed by atoms with Crippen LogP contribution < -0.4 is 14.5 Å². The zero-order chi connectivity index (χ0) is 22.7. The van der Waals surface area contributed by atoms with Crippen LogP contribution >= 0.6 is 0 Å². The number of nitrogens with zero attached hydrogens (tertiary/aromatic N) is 5. The Balaban J connectivity index is 1.33. The van der Waals surface area contributed by atoms with Crippen molar-refractivity contribution < 1.29 is 9.13 Å². The van der Waals surface area contributed by atoms with Crippen LogP contribution in [0.25, 0.3) is 0 Å². The van der Waals surface area contributed by atoms with E-state index in [1.165, 1.54) is 16.8 Å². The molecule has 4 aliphatic rings. The average molecular weight is 450 g/mol. The van der Waals surface area contributed by atoms with Crippen molar-refractivity contribution in [3.8, 4) is 5.75 Å². The van der Waals surface area contributed by atoms with Gasteiger partial charge in [0.25, 0.3) is 0 Å². The van der Waals surface area contributed by atoms with Crippen LogP contribution in [0, 0.1) is 5.82 Å². The Bertz CT molecular complexity index is 1080. The van der Waals surface area contributed by atoms with Gasteiger partial charge in [0.1, 0.15) is 17.2 Å². The van der Waals surface area contributed by atoms with Crippen LogP contribution in [-0.4, -0.2) is 73.6 Å². The smallest absolute Gasteiger partial charge is 0.127 e. The second-order valence-electron chi connectivity index (χ2n) is 10.1. The third kappa shape index (κ3) is 3.59. The van der Waals surface area contributed by atoms with E-state index in [9.17, 15) is 4.39 Å². The van der Waals surface area contributed by atoms with Crippen LogP contribution in [0.5, 0.6) is 5.75 Å². The normalized spacial score (nSPS) is 25.2. The van der Waals surface area contributed by atoms with Crippen molar-refractivity contribution in [1.29, 1.82) is 0 Å². The van der Waals surface area contributed by atoms with Crippen LogP contribution in [0.3, 0.4) is 0 Å². The minimum Gasteiger partial charge on any atom is -0.483 e. The zero-order valence-electron chi connectivity index (χ0n) is 19.7. The number of rotatable bonds is 2. The van der Waals surface area contributed by atoms with Gasteiger partial charge in [-0.3, -0.25) is 0 Å². The maximum atomic E-state index is 13.5. The predicted octanol–water partition coefficient (Wildman–Crippen LogP) is 3.68. The number of benzene rings is 2. The molecule has 0 radical (unpaired) electrons. The summed E-state index contributed by atoms with van der Waals surface area (Å²) in [5, 5.41) is 4.84. The molecule has 0 spiro atoms. The Morgan fingerprint density at radius 2 is 1.64 bits per heavy atom. The SMILES string of the molecule is CN1CCN(c2ccc3c(c2)OC(C)(C)C2=CCN4CN(c5ccc(F)cc5)CN4C23)CC1. The largest absolute Gasteiger partial charge is 0.483 e. The van der Waals surface area contributed by atoms with E-state index < -0.39 is 0 Å². The Labute approximate surface area is 195 Å². The monoisotopic (exact) mass is 449 g/mol. The van der Waals surface area contributed by atoms with E-state index in [4.69, 9.17) is 4.74 Å². The van der Waals surface area contributed by atoms with E-state index in [1.807, 2.05) is 12.1 Å². The molecule has 0 N–H and O–H groups in total. The highest BCUT2D eigenvalue weighted by atomic mass is 19.1. The van der Waals surface area contributed by atoms with Crippen molar-refractivity contribution in [2.45, 2.75) is 25.5 Å². The highest BCUT2D eigenvalue weighted by Crippen LogP contribution is 2.50. The summed E-state index contributed by atoms with van der Waals surface area (Å²) in [6, 6.07) is 13.7. The second kappa shape index (κ2) is 7.72. The molecule has 2 fully saturated rings. The van der Waals surface area contributed by atoms with Gasteiger partial charge in [0.2, 0.25) is 0 Å². The fraction of sp³-hybridized carbons (Fsp3) is 0.462. The van der Waals surface area contributed by atoms with Gasteiger partial charge in [0.15, 0.2) is 0 Å². The summed E-state index contributed by atoms with van der Waals surface area (Å²) >= 11 is 0. The number of fused-ring (bicyclic) bond motifs is 5. The molecule has 0 aromatic heterocycles. The van der Waals surface area contributed by atoms with Gasteiger partial charge < -0.3 is 19.4 Å². The lowest BCUT2D eigenvalue weighted by Gasteiger charge is -2.48. The maximum Gasteiger partial charge on any atom is 0.127 e.